The lowest BCUT2D eigenvalue weighted by atomic mass is 10.2. The molecule has 0 radical (unpaired) electrons. The lowest BCUT2D eigenvalue weighted by Crippen LogP contribution is -2.04. The third-order valence-corrected chi connectivity index (χ3v) is 2.84. The Morgan fingerprint density at radius 3 is 2.87 bits per heavy atom. The monoisotopic (exact) mass is 315 g/mol. The van der Waals surface area contributed by atoms with Gasteiger partial charge in [0.25, 0.3) is 0 Å². The van der Waals surface area contributed by atoms with Crippen LogP contribution in [0.3, 0.4) is 0 Å². The van der Waals surface area contributed by atoms with Gasteiger partial charge < -0.3 is 9.73 Å². The highest BCUT2D eigenvalue weighted by atomic mass is 127. The number of nitrogens with one attached hydrogen (secondary N) is 1. The summed E-state index contributed by atoms with van der Waals surface area (Å²) in [5.74, 6) is 1.18. The zero-order valence-corrected chi connectivity index (χ0v) is 10.4. The van der Waals surface area contributed by atoms with E-state index in [2.05, 4.69) is 38.1 Å². The highest BCUT2D eigenvalue weighted by molar-refractivity contribution is 14.1. The molecule has 1 N–H and O–H groups in total. The van der Waals surface area contributed by atoms with Gasteiger partial charge in [-0.2, -0.15) is 0 Å². The summed E-state index contributed by atoms with van der Waals surface area (Å²) in [4.78, 5) is 0. The largest absolute Gasteiger partial charge is 0.419 e. The summed E-state index contributed by atoms with van der Waals surface area (Å²) in [6, 6.07) is 7.92. The Balaban J connectivity index is 2.33. The van der Waals surface area contributed by atoms with E-state index >= 15 is 0 Å². The molecule has 78 valence electrons. The van der Waals surface area contributed by atoms with Gasteiger partial charge in [-0.1, -0.05) is 12.1 Å². The zero-order chi connectivity index (χ0) is 10.7. The molecular weight excluding hydrogens is 305 g/mol. The molecule has 0 bridgehead atoms. The minimum atomic E-state index is 0.574. The molecule has 0 spiro atoms. The van der Waals surface area contributed by atoms with E-state index in [0.29, 0.717) is 18.3 Å². The van der Waals surface area contributed by atoms with Crippen molar-refractivity contribution in [2.24, 2.45) is 0 Å². The molecule has 1 heterocycles. The molecule has 1 aromatic heterocycles. The molecule has 0 amide bonds. The van der Waals surface area contributed by atoms with Crippen molar-refractivity contribution in [2.75, 3.05) is 7.05 Å². The summed E-state index contributed by atoms with van der Waals surface area (Å²) in [7, 11) is 1.84. The molecule has 0 saturated heterocycles. The average Bonchev–Trinajstić information content (AvgIpc) is 2.68. The molecule has 0 aliphatic carbocycles. The Morgan fingerprint density at radius 1 is 1.33 bits per heavy atom. The molecule has 5 heteroatoms. The first-order valence-corrected chi connectivity index (χ1v) is 5.61. The lowest BCUT2D eigenvalue weighted by molar-refractivity contribution is 0.490. The van der Waals surface area contributed by atoms with Gasteiger partial charge in [-0.3, -0.25) is 0 Å². The molecular formula is C10H10IN3O. The molecule has 1 aromatic carbocycles. The molecule has 15 heavy (non-hydrogen) atoms. The van der Waals surface area contributed by atoms with Gasteiger partial charge in [0.05, 0.1) is 12.1 Å². The van der Waals surface area contributed by atoms with Crippen LogP contribution in [0.5, 0.6) is 0 Å². The number of benzene rings is 1. The van der Waals surface area contributed by atoms with Gasteiger partial charge in [0.1, 0.15) is 0 Å². The standard InChI is InChI=1S/C10H10IN3O/c1-12-6-9-13-14-10(15-9)7-4-2-3-5-8(7)11/h2-5,12H,6H2,1H3. The fourth-order valence-electron chi connectivity index (χ4n) is 1.22. The van der Waals surface area contributed by atoms with Crippen molar-refractivity contribution in [2.45, 2.75) is 6.54 Å². The molecule has 0 fully saturated rings. The Kier molecular flexibility index (Phi) is 3.32. The van der Waals surface area contributed by atoms with E-state index in [1.165, 1.54) is 0 Å². The average molecular weight is 315 g/mol. The number of aromatic nitrogens is 2. The minimum Gasteiger partial charge on any atom is -0.419 e. The highest BCUT2D eigenvalue weighted by Crippen LogP contribution is 2.23. The Morgan fingerprint density at radius 2 is 2.13 bits per heavy atom. The lowest BCUT2D eigenvalue weighted by Gasteiger charge is -1.97. The molecule has 0 unspecified atom stereocenters. The number of nitrogens with zero attached hydrogens (tertiary/aromatic N) is 2. The van der Waals surface area contributed by atoms with E-state index in [0.717, 1.165) is 9.13 Å². The summed E-state index contributed by atoms with van der Waals surface area (Å²) >= 11 is 2.25. The van der Waals surface area contributed by atoms with Crippen LogP contribution in [0.4, 0.5) is 0 Å². The van der Waals surface area contributed by atoms with Crippen LogP contribution in [-0.2, 0) is 6.54 Å². The summed E-state index contributed by atoms with van der Waals surface area (Å²) in [6.07, 6.45) is 0. The topological polar surface area (TPSA) is 51.0 Å². The molecule has 0 aliphatic rings. The van der Waals surface area contributed by atoms with E-state index in [-0.39, 0.29) is 0 Å². The number of rotatable bonds is 3. The summed E-state index contributed by atoms with van der Waals surface area (Å²) in [5.41, 5.74) is 0.980. The van der Waals surface area contributed by atoms with Crippen LogP contribution < -0.4 is 5.32 Å². The second kappa shape index (κ2) is 4.71. The maximum absolute atomic E-state index is 5.50. The van der Waals surface area contributed by atoms with Gasteiger partial charge in [-0.15, -0.1) is 10.2 Å². The maximum Gasteiger partial charge on any atom is 0.248 e. The normalized spacial score (nSPS) is 10.5. The number of hydrogen-bond acceptors (Lipinski definition) is 4. The molecule has 0 saturated carbocycles. The number of hydrogen-bond donors (Lipinski definition) is 1. The van der Waals surface area contributed by atoms with E-state index in [9.17, 15) is 0 Å². The summed E-state index contributed by atoms with van der Waals surface area (Å²) < 4.78 is 6.61. The smallest absolute Gasteiger partial charge is 0.248 e. The van der Waals surface area contributed by atoms with Crippen LogP contribution in [0.1, 0.15) is 5.89 Å². The third kappa shape index (κ3) is 2.35. The minimum absolute atomic E-state index is 0.574. The predicted octanol–water partition coefficient (Wildman–Crippen LogP) is 2.06. The summed E-state index contributed by atoms with van der Waals surface area (Å²) in [5, 5.41) is 10.9. The van der Waals surface area contributed by atoms with Crippen molar-refractivity contribution in [3.8, 4) is 11.5 Å². The van der Waals surface area contributed by atoms with Crippen molar-refractivity contribution in [3.05, 3.63) is 33.7 Å². The van der Waals surface area contributed by atoms with Crippen LogP contribution in [0, 0.1) is 3.57 Å². The Bertz CT molecular complexity index is 455. The first kappa shape index (κ1) is 10.6. The second-order valence-electron chi connectivity index (χ2n) is 3.01. The van der Waals surface area contributed by atoms with Crippen LogP contribution in [-0.4, -0.2) is 17.2 Å². The van der Waals surface area contributed by atoms with Crippen LogP contribution in [0.15, 0.2) is 28.7 Å². The van der Waals surface area contributed by atoms with Gasteiger partial charge in [0.2, 0.25) is 11.8 Å². The van der Waals surface area contributed by atoms with Gasteiger partial charge in [-0.25, -0.2) is 0 Å². The van der Waals surface area contributed by atoms with Crippen LogP contribution in [0.2, 0.25) is 0 Å². The molecule has 4 nitrogen and oxygen atoms in total. The molecule has 0 aliphatic heterocycles. The van der Waals surface area contributed by atoms with Crippen molar-refractivity contribution in [3.63, 3.8) is 0 Å². The van der Waals surface area contributed by atoms with E-state index < -0.39 is 0 Å². The molecule has 2 aromatic rings. The first-order chi connectivity index (χ1) is 7.31. The summed E-state index contributed by atoms with van der Waals surface area (Å²) in [6.45, 7) is 0.594. The van der Waals surface area contributed by atoms with Crippen molar-refractivity contribution in [1.29, 1.82) is 0 Å². The zero-order valence-electron chi connectivity index (χ0n) is 8.20. The fourth-order valence-corrected chi connectivity index (χ4v) is 1.84. The van der Waals surface area contributed by atoms with Crippen LogP contribution >= 0.6 is 22.6 Å². The van der Waals surface area contributed by atoms with Crippen molar-refractivity contribution in [1.82, 2.24) is 15.5 Å². The maximum atomic E-state index is 5.50. The van der Waals surface area contributed by atoms with E-state index in [1.54, 1.807) is 0 Å². The van der Waals surface area contributed by atoms with Gasteiger partial charge in [-0.05, 0) is 41.8 Å². The van der Waals surface area contributed by atoms with Gasteiger partial charge in [0, 0.05) is 3.57 Å². The van der Waals surface area contributed by atoms with E-state index in [1.807, 2.05) is 31.3 Å². The molecule has 0 atom stereocenters. The quantitative estimate of drug-likeness (QED) is 0.881. The fraction of sp³-hybridized carbons (Fsp3) is 0.200. The van der Waals surface area contributed by atoms with Crippen molar-refractivity contribution < 1.29 is 4.42 Å². The van der Waals surface area contributed by atoms with Gasteiger partial charge >= 0.3 is 0 Å². The van der Waals surface area contributed by atoms with Crippen LogP contribution in [0.25, 0.3) is 11.5 Å². The first-order valence-electron chi connectivity index (χ1n) is 4.53. The predicted molar refractivity (Wildman–Crippen MR) is 65.2 cm³/mol. The Labute approximate surface area is 101 Å². The SMILES string of the molecule is CNCc1nnc(-c2ccccc2I)o1. The number of halogens is 1. The van der Waals surface area contributed by atoms with Gasteiger partial charge in [0.15, 0.2) is 0 Å². The third-order valence-electron chi connectivity index (χ3n) is 1.90. The molecule has 2 rings (SSSR count). The highest BCUT2D eigenvalue weighted by Gasteiger charge is 2.09. The second-order valence-corrected chi connectivity index (χ2v) is 4.17. The van der Waals surface area contributed by atoms with Crippen molar-refractivity contribution >= 4 is 22.6 Å². The van der Waals surface area contributed by atoms with E-state index in [4.69, 9.17) is 4.42 Å². The Hall–Kier alpha value is -0.950.